The Hall–Kier alpha value is -0.0800. The van der Waals surface area contributed by atoms with E-state index in [1.807, 2.05) is 0 Å². The average Bonchev–Trinajstić information content (AvgIpc) is 2.78. The van der Waals surface area contributed by atoms with E-state index in [1.165, 1.54) is 51.6 Å². The molecule has 1 fully saturated rings. The third-order valence-corrected chi connectivity index (χ3v) is 4.03. The molecule has 0 amide bonds. The first kappa shape index (κ1) is 14.0. The Kier molecular flexibility index (Phi) is 7.06. The molecule has 0 spiro atoms. The Bertz CT molecular complexity index is 164. The number of hydrogen-bond donors (Lipinski definition) is 1. The highest BCUT2D eigenvalue weighted by Gasteiger charge is 2.16. The van der Waals surface area contributed by atoms with Crippen LogP contribution in [0.15, 0.2) is 0 Å². The highest BCUT2D eigenvalue weighted by atomic mass is 15.1. The van der Waals surface area contributed by atoms with E-state index in [2.05, 4.69) is 31.2 Å². The molecule has 1 unspecified atom stereocenters. The Balaban J connectivity index is 2.10. The van der Waals surface area contributed by atoms with Crippen LogP contribution in [0.2, 0.25) is 0 Å². The monoisotopic (exact) mass is 226 g/mol. The molecule has 0 heterocycles. The van der Waals surface area contributed by atoms with Crippen molar-refractivity contribution in [3.63, 3.8) is 0 Å². The Morgan fingerprint density at radius 3 is 2.56 bits per heavy atom. The van der Waals surface area contributed by atoms with Gasteiger partial charge in [0.2, 0.25) is 0 Å². The van der Waals surface area contributed by atoms with Crippen LogP contribution in [0.5, 0.6) is 0 Å². The van der Waals surface area contributed by atoms with E-state index in [9.17, 15) is 0 Å². The number of rotatable bonds is 8. The molecular weight excluding hydrogens is 196 g/mol. The van der Waals surface area contributed by atoms with Gasteiger partial charge in [0, 0.05) is 6.54 Å². The molecule has 96 valence electrons. The van der Waals surface area contributed by atoms with Gasteiger partial charge >= 0.3 is 0 Å². The second kappa shape index (κ2) is 8.08. The number of nitrogens with zero attached hydrogens (tertiary/aromatic N) is 1. The van der Waals surface area contributed by atoms with Gasteiger partial charge < -0.3 is 10.2 Å². The molecule has 2 heteroatoms. The summed E-state index contributed by atoms with van der Waals surface area (Å²) in [5.74, 6) is 1.85. The van der Waals surface area contributed by atoms with Gasteiger partial charge in [-0.2, -0.15) is 0 Å². The fourth-order valence-corrected chi connectivity index (χ4v) is 2.86. The van der Waals surface area contributed by atoms with Crippen LogP contribution < -0.4 is 5.32 Å². The van der Waals surface area contributed by atoms with Crippen LogP contribution in [0.1, 0.15) is 45.4 Å². The summed E-state index contributed by atoms with van der Waals surface area (Å²) < 4.78 is 0. The SMILES string of the molecule is CCC(CNC)CN(C)CCC1CCCC1. The molecule has 1 saturated carbocycles. The van der Waals surface area contributed by atoms with E-state index in [4.69, 9.17) is 0 Å². The average molecular weight is 226 g/mol. The summed E-state index contributed by atoms with van der Waals surface area (Å²) in [6, 6.07) is 0. The van der Waals surface area contributed by atoms with Crippen LogP contribution in [0.3, 0.4) is 0 Å². The van der Waals surface area contributed by atoms with Gasteiger partial charge in [0.1, 0.15) is 0 Å². The molecule has 0 aliphatic heterocycles. The fourth-order valence-electron chi connectivity index (χ4n) is 2.86. The lowest BCUT2D eigenvalue weighted by atomic mass is 10.0. The summed E-state index contributed by atoms with van der Waals surface area (Å²) in [6.07, 6.45) is 8.64. The molecule has 1 atom stereocenters. The maximum absolute atomic E-state index is 3.29. The molecule has 1 rings (SSSR count). The van der Waals surface area contributed by atoms with Crippen LogP contribution in [0, 0.1) is 11.8 Å². The first-order valence-corrected chi connectivity index (χ1v) is 7.09. The van der Waals surface area contributed by atoms with Crippen LogP contribution in [0.4, 0.5) is 0 Å². The van der Waals surface area contributed by atoms with Gasteiger partial charge in [-0.15, -0.1) is 0 Å². The first-order valence-electron chi connectivity index (χ1n) is 7.09. The molecule has 0 radical (unpaired) electrons. The topological polar surface area (TPSA) is 15.3 Å². The standard InChI is InChI=1S/C14H30N2/c1-4-13(11-15-2)12-16(3)10-9-14-7-5-6-8-14/h13-15H,4-12H2,1-3H3. The molecule has 2 nitrogen and oxygen atoms in total. The van der Waals surface area contributed by atoms with Gasteiger partial charge in [0.15, 0.2) is 0 Å². The molecule has 0 aromatic rings. The molecule has 0 aromatic carbocycles. The molecule has 0 aromatic heterocycles. The minimum atomic E-state index is 0.818. The normalized spacial score (nSPS) is 19.5. The van der Waals surface area contributed by atoms with Crippen molar-refractivity contribution in [3.05, 3.63) is 0 Å². The Morgan fingerprint density at radius 1 is 1.31 bits per heavy atom. The molecular formula is C14H30N2. The van der Waals surface area contributed by atoms with Gasteiger partial charge in [-0.3, -0.25) is 0 Å². The van der Waals surface area contributed by atoms with E-state index in [0.29, 0.717) is 0 Å². The van der Waals surface area contributed by atoms with Crippen molar-refractivity contribution >= 4 is 0 Å². The van der Waals surface area contributed by atoms with Gasteiger partial charge in [0.05, 0.1) is 0 Å². The van der Waals surface area contributed by atoms with Gasteiger partial charge in [0.25, 0.3) is 0 Å². The fraction of sp³-hybridized carbons (Fsp3) is 1.00. The van der Waals surface area contributed by atoms with Crippen LogP contribution in [-0.2, 0) is 0 Å². The summed E-state index contributed by atoms with van der Waals surface area (Å²) in [5, 5.41) is 3.29. The summed E-state index contributed by atoms with van der Waals surface area (Å²) in [5.41, 5.74) is 0. The van der Waals surface area contributed by atoms with Gasteiger partial charge in [-0.1, -0.05) is 39.0 Å². The molecule has 1 N–H and O–H groups in total. The second-order valence-electron chi connectivity index (χ2n) is 5.53. The summed E-state index contributed by atoms with van der Waals surface area (Å²) >= 11 is 0. The predicted octanol–water partition coefficient (Wildman–Crippen LogP) is 2.74. The second-order valence-corrected chi connectivity index (χ2v) is 5.53. The van der Waals surface area contributed by atoms with Crippen LogP contribution in [0.25, 0.3) is 0 Å². The lowest BCUT2D eigenvalue weighted by Crippen LogP contribution is -2.32. The molecule has 0 bridgehead atoms. The first-order chi connectivity index (χ1) is 7.76. The van der Waals surface area contributed by atoms with Crippen molar-refractivity contribution in [1.29, 1.82) is 0 Å². The zero-order valence-electron chi connectivity index (χ0n) is 11.5. The van der Waals surface area contributed by atoms with E-state index in [-0.39, 0.29) is 0 Å². The maximum atomic E-state index is 3.29. The van der Waals surface area contributed by atoms with Crippen molar-refractivity contribution in [2.45, 2.75) is 45.4 Å². The third-order valence-electron chi connectivity index (χ3n) is 4.03. The quantitative estimate of drug-likeness (QED) is 0.684. The molecule has 16 heavy (non-hydrogen) atoms. The zero-order valence-corrected chi connectivity index (χ0v) is 11.5. The van der Waals surface area contributed by atoms with E-state index in [1.54, 1.807) is 0 Å². The van der Waals surface area contributed by atoms with Crippen molar-refractivity contribution in [2.75, 3.05) is 33.7 Å². The van der Waals surface area contributed by atoms with E-state index < -0.39 is 0 Å². The van der Waals surface area contributed by atoms with E-state index in [0.717, 1.165) is 18.4 Å². The van der Waals surface area contributed by atoms with Crippen molar-refractivity contribution in [3.8, 4) is 0 Å². The van der Waals surface area contributed by atoms with Gasteiger partial charge in [-0.25, -0.2) is 0 Å². The Labute approximate surface area is 102 Å². The molecule has 0 saturated heterocycles. The molecule has 1 aliphatic rings. The van der Waals surface area contributed by atoms with Crippen LogP contribution >= 0.6 is 0 Å². The predicted molar refractivity (Wildman–Crippen MR) is 71.8 cm³/mol. The lowest BCUT2D eigenvalue weighted by Gasteiger charge is -2.24. The Morgan fingerprint density at radius 2 is 2.00 bits per heavy atom. The van der Waals surface area contributed by atoms with Crippen molar-refractivity contribution in [1.82, 2.24) is 10.2 Å². The van der Waals surface area contributed by atoms with E-state index >= 15 is 0 Å². The van der Waals surface area contributed by atoms with Crippen LogP contribution in [-0.4, -0.2) is 38.6 Å². The third kappa shape index (κ3) is 5.31. The summed E-state index contributed by atoms with van der Waals surface area (Å²) in [6.45, 7) is 6.01. The van der Waals surface area contributed by atoms with Crippen molar-refractivity contribution in [2.24, 2.45) is 11.8 Å². The lowest BCUT2D eigenvalue weighted by molar-refractivity contribution is 0.250. The number of hydrogen-bond acceptors (Lipinski definition) is 2. The molecule has 1 aliphatic carbocycles. The minimum absolute atomic E-state index is 0.818. The summed E-state index contributed by atoms with van der Waals surface area (Å²) in [4.78, 5) is 2.53. The van der Waals surface area contributed by atoms with Gasteiger partial charge in [-0.05, 0) is 45.4 Å². The number of nitrogens with one attached hydrogen (secondary N) is 1. The maximum Gasteiger partial charge on any atom is 0.00186 e. The zero-order chi connectivity index (χ0) is 11.8. The summed E-state index contributed by atoms with van der Waals surface area (Å²) in [7, 11) is 4.34. The largest absolute Gasteiger partial charge is 0.319 e. The minimum Gasteiger partial charge on any atom is -0.319 e. The van der Waals surface area contributed by atoms with Crippen molar-refractivity contribution < 1.29 is 0 Å². The smallest absolute Gasteiger partial charge is 0.00186 e. The highest BCUT2D eigenvalue weighted by molar-refractivity contribution is 4.70. The highest BCUT2D eigenvalue weighted by Crippen LogP contribution is 2.27.